The van der Waals surface area contributed by atoms with Crippen LogP contribution in [0.25, 0.3) is 0 Å². The van der Waals surface area contributed by atoms with Gasteiger partial charge in [-0.2, -0.15) is 0 Å². The fourth-order valence-electron chi connectivity index (χ4n) is 4.05. The van der Waals surface area contributed by atoms with E-state index in [0.717, 1.165) is 23.3 Å². The van der Waals surface area contributed by atoms with Crippen molar-refractivity contribution >= 4 is 27.4 Å². The number of benzene rings is 3. The summed E-state index contributed by atoms with van der Waals surface area (Å²) < 4.78 is 38.3. The van der Waals surface area contributed by atoms with Crippen LogP contribution in [-0.2, 0) is 22.9 Å². The largest absolute Gasteiger partial charge is 0.497 e. The first-order chi connectivity index (χ1) is 16.9. The molecule has 4 rings (SSSR count). The van der Waals surface area contributed by atoms with Gasteiger partial charge in [0.15, 0.2) is 0 Å². The molecule has 2 amide bonds. The molecular weight excluding hydrogens is 466 g/mol. The highest BCUT2D eigenvalue weighted by atomic mass is 32.2. The number of urea groups is 1. The first-order valence-electron chi connectivity index (χ1n) is 11.4. The summed E-state index contributed by atoms with van der Waals surface area (Å²) in [5.74, 6) is 1.39. The molecule has 2 N–H and O–H groups in total. The third-order valence-corrected chi connectivity index (χ3v) is 7.75. The smallest absolute Gasteiger partial charge is 0.319 e. The molecule has 1 aliphatic rings. The highest BCUT2D eigenvalue weighted by molar-refractivity contribution is 7.92. The predicted molar refractivity (Wildman–Crippen MR) is 136 cm³/mol. The summed E-state index contributed by atoms with van der Waals surface area (Å²) >= 11 is 0. The summed E-state index contributed by atoms with van der Waals surface area (Å²) in [6.45, 7) is 0.886. The van der Waals surface area contributed by atoms with Gasteiger partial charge in [-0.15, -0.1) is 0 Å². The number of hydrogen-bond acceptors (Lipinski definition) is 5. The number of carbonyl (C=O) groups is 1. The average molecular weight is 496 g/mol. The van der Waals surface area contributed by atoms with Gasteiger partial charge in [0.2, 0.25) is 0 Å². The Morgan fingerprint density at radius 3 is 2.26 bits per heavy atom. The maximum atomic E-state index is 13.3. The molecule has 8 nitrogen and oxygen atoms in total. The van der Waals surface area contributed by atoms with Crippen molar-refractivity contribution in [2.75, 3.05) is 36.9 Å². The zero-order valence-electron chi connectivity index (χ0n) is 19.8. The molecule has 0 spiro atoms. The normalized spacial score (nSPS) is 13.0. The van der Waals surface area contributed by atoms with E-state index in [1.165, 1.54) is 11.4 Å². The van der Waals surface area contributed by atoms with Crippen molar-refractivity contribution < 1.29 is 22.7 Å². The third kappa shape index (κ3) is 5.68. The van der Waals surface area contributed by atoms with Crippen molar-refractivity contribution in [3.05, 3.63) is 77.9 Å². The van der Waals surface area contributed by atoms with Crippen LogP contribution < -0.4 is 24.4 Å². The summed E-state index contributed by atoms with van der Waals surface area (Å²) in [6, 6.07) is 19.1. The van der Waals surface area contributed by atoms with E-state index in [1.54, 1.807) is 43.5 Å². The van der Waals surface area contributed by atoms with Crippen LogP contribution in [0.1, 0.15) is 17.5 Å². The summed E-state index contributed by atoms with van der Waals surface area (Å²) in [5, 5.41) is 5.70. The Balaban J connectivity index is 1.39. The topological polar surface area (TPSA) is 97.0 Å². The van der Waals surface area contributed by atoms with Gasteiger partial charge in [-0.25, -0.2) is 13.2 Å². The number of ether oxygens (including phenoxy) is 2. The Morgan fingerprint density at radius 2 is 1.60 bits per heavy atom. The zero-order valence-corrected chi connectivity index (χ0v) is 20.6. The number of nitrogens with one attached hydrogen (secondary N) is 2. The number of nitrogens with zero attached hydrogens (tertiary/aromatic N) is 1. The average Bonchev–Trinajstić information content (AvgIpc) is 2.88. The molecule has 0 fully saturated rings. The highest BCUT2D eigenvalue weighted by Crippen LogP contribution is 2.34. The molecule has 184 valence electrons. The van der Waals surface area contributed by atoms with E-state index in [1.807, 2.05) is 30.3 Å². The minimum atomic E-state index is -3.71. The molecule has 1 heterocycles. The summed E-state index contributed by atoms with van der Waals surface area (Å²) in [7, 11) is -0.546. The Morgan fingerprint density at radius 1 is 0.943 bits per heavy atom. The second kappa shape index (κ2) is 10.7. The lowest BCUT2D eigenvalue weighted by Crippen LogP contribution is -2.35. The first-order valence-corrected chi connectivity index (χ1v) is 12.8. The molecule has 9 heteroatoms. The molecule has 0 saturated heterocycles. The molecule has 0 bridgehead atoms. The van der Waals surface area contributed by atoms with Crippen LogP contribution in [0.5, 0.6) is 11.5 Å². The maximum absolute atomic E-state index is 13.3. The van der Waals surface area contributed by atoms with Crippen LogP contribution in [0.4, 0.5) is 16.2 Å². The Bertz CT molecular complexity index is 1280. The summed E-state index contributed by atoms with van der Waals surface area (Å²) in [5.41, 5.74) is 3.23. The van der Waals surface area contributed by atoms with Gasteiger partial charge in [0, 0.05) is 18.8 Å². The molecule has 3 aromatic rings. The standard InChI is InChI=1S/C26H29N3O5S/c1-33-22-8-5-19(6-9-22)15-16-27-26(30)28-21-7-14-25-20(18-21)4-3-17-29(25)35(31,32)24-12-10-23(34-2)11-13-24/h5-14,18H,3-4,15-17H2,1-2H3,(H2,27,28,30). The molecule has 0 saturated carbocycles. The Kier molecular flexibility index (Phi) is 7.45. The summed E-state index contributed by atoms with van der Waals surface area (Å²) in [6.07, 6.45) is 2.12. The van der Waals surface area contributed by atoms with Crippen molar-refractivity contribution in [2.45, 2.75) is 24.2 Å². The van der Waals surface area contributed by atoms with Crippen LogP contribution in [0.2, 0.25) is 0 Å². The van der Waals surface area contributed by atoms with Crippen LogP contribution in [-0.4, -0.2) is 41.8 Å². The van der Waals surface area contributed by atoms with Crippen molar-refractivity contribution in [3.63, 3.8) is 0 Å². The number of aryl methyl sites for hydroxylation is 1. The predicted octanol–water partition coefficient (Wildman–Crippen LogP) is 4.21. The van der Waals surface area contributed by atoms with E-state index >= 15 is 0 Å². The molecule has 35 heavy (non-hydrogen) atoms. The second-order valence-electron chi connectivity index (χ2n) is 8.18. The molecule has 0 aliphatic carbocycles. The van der Waals surface area contributed by atoms with Gasteiger partial charge in [-0.3, -0.25) is 4.31 Å². The fourth-order valence-corrected chi connectivity index (χ4v) is 5.59. The number of anilines is 2. The number of rotatable bonds is 8. The maximum Gasteiger partial charge on any atom is 0.319 e. The molecule has 0 aromatic heterocycles. The third-order valence-electron chi connectivity index (χ3n) is 5.92. The van der Waals surface area contributed by atoms with Gasteiger partial charge >= 0.3 is 6.03 Å². The fraction of sp³-hybridized carbons (Fsp3) is 0.269. The van der Waals surface area contributed by atoms with E-state index in [9.17, 15) is 13.2 Å². The SMILES string of the molecule is COc1ccc(CCNC(=O)Nc2ccc3c(c2)CCCN3S(=O)(=O)c2ccc(OC)cc2)cc1. The number of carbonyl (C=O) groups excluding carboxylic acids is 1. The Hall–Kier alpha value is -3.72. The number of fused-ring (bicyclic) bond motifs is 1. The van der Waals surface area contributed by atoms with Crippen molar-refractivity contribution in [2.24, 2.45) is 0 Å². The zero-order chi connectivity index (χ0) is 24.8. The van der Waals surface area contributed by atoms with Gasteiger partial charge in [0.25, 0.3) is 10.0 Å². The van der Waals surface area contributed by atoms with Gasteiger partial charge < -0.3 is 20.1 Å². The summed E-state index contributed by atoms with van der Waals surface area (Å²) in [4.78, 5) is 12.6. The second-order valence-corrected chi connectivity index (χ2v) is 10.0. The minimum Gasteiger partial charge on any atom is -0.497 e. The van der Waals surface area contributed by atoms with Crippen LogP contribution in [0.15, 0.2) is 71.6 Å². The van der Waals surface area contributed by atoms with Gasteiger partial charge in [-0.05, 0) is 85.0 Å². The molecule has 0 atom stereocenters. The number of hydrogen-bond donors (Lipinski definition) is 2. The van der Waals surface area contributed by atoms with E-state index in [0.29, 0.717) is 43.1 Å². The highest BCUT2D eigenvalue weighted by Gasteiger charge is 2.29. The molecule has 3 aromatic carbocycles. The molecule has 0 radical (unpaired) electrons. The van der Waals surface area contributed by atoms with E-state index < -0.39 is 10.0 Å². The quantitative estimate of drug-likeness (QED) is 0.488. The lowest BCUT2D eigenvalue weighted by atomic mass is 10.0. The van der Waals surface area contributed by atoms with Crippen molar-refractivity contribution in [1.29, 1.82) is 0 Å². The van der Waals surface area contributed by atoms with Crippen molar-refractivity contribution in [3.8, 4) is 11.5 Å². The van der Waals surface area contributed by atoms with Crippen LogP contribution in [0, 0.1) is 0 Å². The molecule has 1 aliphatic heterocycles. The number of amides is 2. The lowest BCUT2D eigenvalue weighted by molar-refractivity contribution is 0.252. The van der Waals surface area contributed by atoms with E-state index in [4.69, 9.17) is 9.47 Å². The van der Waals surface area contributed by atoms with Gasteiger partial charge in [0.05, 0.1) is 24.8 Å². The molecular formula is C26H29N3O5S. The van der Waals surface area contributed by atoms with Gasteiger partial charge in [-0.1, -0.05) is 12.1 Å². The van der Waals surface area contributed by atoms with Crippen LogP contribution >= 0.6 is 0 Å². The Labute approximate surface area is 205 Å². The number of sulfonamides is 1. The monoisotopic (exact) mass is 495 g/mol. The van der Waals surface area contributed by atoms with Crippen molar-refractivity contribution in [1.82, 2.24) is 5.32 Å². The van der Waals surface area contributed by atoms with Crippen LogP contribution in [0.3, 0.4) is 0 Å². The molecule has 0 unspecified atom stereocenters. The van der Waals surface area contributed by atoms with E-state index in [2.05, 4.69) is 10.6 Å². The van der Waals surface area contributed by atoms with E-state index in [-0.39, 0.29) is 10.9 Å². The first kappa shape index (κ1) is 24.4. The lowest BCUT2D eigenvalue weighted by Gasteiger charge is -2.31. The van der Waals surface area contributed by atoms with Gasteiger partial charge in [0.1, 0.15) is 11.5 Å². The minimum absolute atomic E-state index is 0.213. The number of methoxy groups -OCH3 is 2.